The maximum atomic E-state index is 10.4. The van der Waals surface area contributed by atoms with Gasteiger partial charge in [0, 0.05) is 10.7 Å². The van der Waals surface area contributed by atoms with Crippen molar-refractivity contribution >= 4 is 33.2 Å². The van der Waals surface area contributed by atoms with Gasteiger partial charge >= 0.3 is 5.97 Å². The van der Waals surface area contributed by atoms with Gasteiger partial charge in [-0.15, -0.1) is 0 Å². The Bertz CT molecular complexity index is 244. The van der Waals surface area contributed by atoms with Crippen molar-refractivity contribution in [3.05, 3.63) is 21.9 Å². The lowest BCUT2D eigenvalue weighted by Gasteiger charge is -1.90. The average Bonchev–Trinajstić information content (AvgIpc) is 2.33. The molecule has 0 bridgehead atoms. The van der Waals surface area contributed by atoms with Crippen LogP contribution < -0.4 is 0 Å². The summed E-state index contributed by atoms with van der Waals surface area (Å²) in [5.74, 6) is -0.851. The van der Waals surface area contributed by atoms with Crippen molar-refractivity contribution in [1.29, 1.82) is 0 Å². The minimum atomic E-state index is -0.851. The molecule has 0 radical (unpaired) electrons. The number of hydrogen-bond acceptors (Lipinski definition) is 2. The molecule has 1 heterocycles. The van der Waals surface area contributed by atoms with Crippen LogP contribution in [0.3, 0.4) is 0 Å². The molecule has 54 valence electrons. The van der Waals surface area contributed by atoms with Crippen molar-refractivity contribution in [2.24, 2.45) is 0 Å². The molecule has 0 amide bonds. The number of carboxylic acids is 1. The minimum Gasteiger partial charge on any atom is -0.478 e. The molecule has 1 N–H and O–H groups in total. The monoisotopic (exact) mass is 220 g/mol. The van der Waals surface area contributed by atoms with Crippen LogP contribution in [-0.2, 0) is 5.33 Å². The zero-order valence-corrected chi connectivity index (χ0v) is 7.41. The second-order valence-corrected chi connectivity index (χ2v) is 3.05. The van der Waals surface area contributed by atoms with E-state index in [1.807, 2.05) is 5.38 Å². The normalized spacial score (nSPS) is 9.70. The third-order valence-electron chi connectivity index (χ3n) is 1.12. The number of carbonyl (C=O) groups is 1. The summed E-state index contributed by atoms with van der Waals surface area (Å²) in [4.78, 5) is 10.4. The topological polar surface area (TPSA) is 37.3 Å². The summed E-state index contributed by atoms with van der Waals surface area (Å²) in [6.07, 6.45) is 0. The average molecular weight is 221 g/mol. The van der Waals surface area contributed by atoms with Gasteiger partial charge in [0.05, 0.1) is 5.56 Å². The van der Waals surface area contributed by atoms with E-state index in [2.05, 4.69) is 15.9 Å². The van der Waals surface area contributed by atoms with Crippen molar-refractivity contribution in [2.75, 3.05) is 0 Å². The zero-order chi connectivity index (χ0) is 7.56. The second-order valence-electron chi connectivity index (χ2n) is 1.75. The molecule has 0 atom stereocenters. The van der Waals surface area contributed by atoms with Crippen molar-refractivity contribution in [1.82, 2.24) is 0 Å². The smallest absolute Gasteiger partial charge is 0.336 e. The Labute approximate surface area is 70.6 Å². The lowest BCUT2D eigenvalue weighted by molar-refractivity contribution is 0.0696. The van der Waals surface area contributed by atoms with Gasteiger partial charge in [-0.25, -0.2) is 4.79 Å². The van der Waals surface area contributed by atoms with Gasteiger partial charge in [0.25, 0.3) is 0 Å². The fourth-order valence-corrected chi connectivity index (χ4v) is 2.12. The van der Waals surface area contributed by atoms with Crippen LogP contribution in [0.4, 0.5) is 0 Å². The molecule has 2 nitrogen and oxygen atoms in total. The highest BCUT2D eigenvalue weighted by atomic mass is 79.9. The van der Waals surface area contributed by atoms with Crippen LogP contribution in [0.2, 0.25) is 0 Å². The molecule has 1 aromatic heterocycles. The number of aromatic carboxylic acids is 1. The van der Waals surface area contributed by atoms with Crippen LogP contribution in [-0.4, -0.2) is 11.1 Å². The Morgan fingerprint density at radius 2 is 2.40 bits per heavy atom. The van der Waals surface area contributed by atoms with Crippen LogP contribution in [0.25, 0.3) is 0 Å². The van der Waals surface area contributed by atoms with E-state index in [1.54, 1.807) is 5.38 Å². The summed E-state index contributed by atoms with van der Waals surface area (Å²) < 4.78 is 0. The minimum absolute atomic E-state index is 0.405. The van der Waals surface area contributed by atoms with Crippen LogP contribution >= 0.6 is 27.3 Å². The first kappa shape index (κ1) is 7.75. The zero-order valence-electron chi connectivity index (χ0n) is 5.00. The molecular weight excluding hydrogens is 216 g/mol. The lowest BCUT2D eigenvalue weighted by Crippen LogP contribution is -1.96. The Balaban J connectivity index is 3.01. The van der Waals surface area contributed by atoms with E-state index in [1.165, 1.54) is 11.3 Å². The SMILES string of the molecule is O=C(O)c1cscc1CBr. The van der Waals surface area contributed by atoms with Crippen molar-refractivity contribution < 1.29 is 9.90 Å². The maximum Gasteiger partial charge on any atom is 0.336 e. The molecule has 1 rings (SSSR count). The highest BCUT2D eigenvalue weighted by Crippen LogP contribution is 2.17. The molecule has 1 aromatic rings. The predicted octanol–water partition coefficient (Wildman–Crippen LogP) is 2.34. The third kappa shape index (κ3) is 1.38. The lowest BCUT2D eigenvalue weighted by atomic mass is 10.2. The van der Waals surface area contributed by atoms with E-state index < -0.39 is 5.97 Å². The summed E-state index contributed by atoms with van der Waals surface area (Å²) in [5, 5.41) is 12.7. The number of halogens is 1. The molecule has 0 aliphatic heterocycles. The van der Waals surface area contributed by atoms with Crippen LogP contribution in [0.1, 0.15) is 15.9 Å². The first-order valence-corrected chi connectivity index (χ1v) is 4.66. The van der Waals surface area contributed by atoms with Crippen molar-refractivity contribution in [3.63, 3.8) is 0 Å². The molecule has 0 aromatic carbocycles. The number of alkyl halides is 1. The maximum absolute atomic E-state index is 10.4. The molecule has 0 spiro atoms. The van der Waals surface area contributed by atoms with Crippen molar-refractivity contribution in [2.45, 2.75) is 5.33 Å². The highest BCUT2D eigenvalue weighted by Gasteiger charge is 2.08. The molecular formula is C6H5BrO2S. The van der Waals surface area contributed by atoms with Gasteiger partial charge in [-0.3, -0.25) is 0 Å². The van der Waals surface area contributed by atoms with Crippen molar-refractivity contribution in [3.8, 4) is 0 Å². The predicted molar refractivity (Wildman–Crippen MR) is 43.9 cm³/mol. The Kier molecular flexibility index (Phi) is 2.45. The highest BCUT2D eigenvalue weighted by molar-refractivity contribution is 9.08. The number of thiophene rings is 1. The third-order valence-corrected chi connectivity index (χ3v) is 2.51. The van der Waals surface area contributed by atoms with Gasteiger partial charge in [0.2, 0.25) is 0 Å². The van der Waals surface area contributed by atoms with E-state index in [-0.39, 0.29) is 0 Å². The first-order chi connectivity index (χ1) is 4.75. The molecule has 0 aliphatic carbocycles. The molecule has 0 unspecified atom stereocenters. The number of hydrogen-bond donors (Lipinski definition) is 1. The van der Waals surface area contributed by atoms with Gasteiger partial charge in [-0.1, -0.05) is 15.9 Å². The Morgan fingerprint density at radius 3 is 2.80 bits per heavy atom. The summed E-state index contributed by atoms with van der Waals surface area (Å²) in [6.45, 7) is 0. The van der Waals surface area contributed by atoms with E-state index in [0.717, 1.165) is 5.56 Å². The fraction of sp³-hybridized carbons (Fsp3) is 0.167. The number of rotatable bonds is 2. The standard InChI is InChI=1S/C6H5BrO2S/c7-1-4-2-10-3-5(4)6(8)9/h2-3H,1H2,(H,8,9). The molecule has 0 saturated heterocycles. The van der Waals surface area contributed by atoms with Crippen LogP contribution in [0.15, 0.2) is 10.8 Å². The van der Waals surface area contributed by atoms with Gasteiger partial charge in [0.15, 0.2) is 0 Å². The Morgan fingerprint density at radius 1 is 1.70 bits per heavy atom. The number of carboxylic acid groups (broad SMARTS) is 1. The second kappa shape index (κ2) is 3.16. The first-order valence-electron chi connectivity index (χ1n) is 2.60. The fourth-order valence-electron chi connectivity index (χ4n) is 0.615. The largest absolute Gasteiger partial charge is 0.478 e. The summed E-state index contributed by atoms with van der Waals surface area (Å²) in [5.41, 5.74) is 1.25. The van der Waals surface area contributed by atoms with E-state index >= 15 is 0 Å². The van der Waals surface area contributed by atoms with Gasteiger partial charge < -0.3 is 5.11 Å². The summed E-state index contributed by atoms with van der Waals surface area (Å²) in [6, 6.07) is 0. The van der Waals surface area contributed by atoms with Crippen LogP contribution in [0.5, 0.6) is 0 Å². The van der Waals surface area contributed by atoms with Gasteiger partial charge in [0.1, 0.15) is 0 Å². The van der Waals surface area contributed by atoms with Crippen LogP contribution in [0, 0.1) is 0 Å². The molecule has 0 saturated carbocycles. The summed E-state index contributed by atoms with van der Waals surface area (Å²) >= 11 is 4.61. The quantitative estimate of drug-likeness (QED) is 0.778. The van der Waals surface area contributed by atoms with E-state index in [9.17, 15) is 4.79 Å². The molecule has 4 heteroatoms. The Hall–Kier alpha value is -0.350. The van der Waals surface area contributed by atoms with E-state index in [0.29, 0.717) is 10.9 Å². The summed E-state index contributed by atoms with van der Waals surface area (Å²) in [7, 11) is 0. The molecule has 0 aliphatic rings. The van der Waals surface area contributed by atoms with Gasteiger partial charge in [-0.2, -0.15) is 11.3 Å². The van der Waals surface area contributed by atoms with Gasteiger partial charge in [-0.05, 0) is 10.9 Å². The molecule has 0 fully saturated rings. The van der Waals surface area contributed by atoms with E-state index in [4.69, 9.17) is 5.11 Å². The molecule has 10 heavy (non-hydrogen) atoms.